The van der Waals surface area contributed by atoms with Crippen LogP contribution >= 0.6 is 46.4 Å². The maximum atomic E-state index is 12.8. The Balaban J connectivity index is 1.92. The number of nitrogens with zero attached hydrogens (tertiary/aromatic N) is 2. The molecule has 0 saturated carbocycles. The molecule has 0 fully saturated rings. The Morgan fingerprint density at radius 1 is 0.706 bits per heavy atom. The molecule has 0 aliphatic rings. The Morgan fingerprint density at radius 3 is 1.56 bits per heavy atom. The lowest BCUT2D eigenvalue weighted by Crippen LogP contribution is -2.14. The second kappa shape index (κ2) is 10.8. The molecule has 3 rings (SSSR count). The van der Waals surface area contributed by atoms with Crippen LogP contribution in [0.25, 0.3) is 0 Å². The van der Waals surface area contributed by atoms with Crippen molar-refractivity contribution >= 4 is 69.7 Å². The molecule has 0 saturated heterocycles. The summed E-state index contributed by atoms with van der Waals surface area (Å²) < 4.78 is 15.7. The fraction of sp³-hybridized carbons (Fsp3) is 0.0476. The molecule has 3 aromatic carbocycles. The van der Waals surface area contributed by atoms with Crippen LogP contribution in [0.5, 0.6) is 17.2 Å². The maximum absolute atomic E-state index is 12.8. The minimum Gasteiger partial charge on any atom is -0.496 e. The lowest BCUT2D eigenvalue weighted by molar-refractivity contribution is 0.0731. The molecule has 0 aromatic heterocycles. The third kappa shape index (κ3) is 5.45. The SMILES string of the molecule is COc1ccc(C(=O)Oc2c(Cl)cc(N=O)cc2Cl)cc1C(=O)Oc1c(Cl)cc(N=O)cc1Cl. The highest BCUT2D eigenvalue weighted by molar-refractivity contribution is 6.38. The summed E-state index contributed by atoms with van der Waals surface area (Å²) >= 11 is 24.1. The standard InChI is InChI=1S/C21H10Cl4N2O7/c1-32-17-3-2-9(20(28)33-18-13(22)5-10(26-30)6-14(18)23)4-12(17)21(29)34-19-15(24)7-11(27-31)8-16(19)25/h2-8H,1H3. The summed E-state index contributed by atoms with van der Waals surface area (Å²) in [7, 11) is 1.30. The molecule has 0 N–H and O–H groups in total. The Morgan fingerprint density at radius 2 is 1.15 bits per heavy atom. The average molecular weight is 544 g/mol. The maximum Gasteiger partial charge on any atom is 0.347 e. The van der Waals surface area contributed by atoms with Crippen molar-refractivity contribution in [1.82, 2.24) is 0 Å². The van der Waals surface area contributed by atoms with E-state index in [1.165, 1.54) is 31.4 Å². The molecule has 3 aromatic rings. The number of halogens is 4. The zero-order chi connectivity index (χ0) is 25.0. The van der Waals surface area contributed by atoms with Gasteiger partial charge in [-0.2, -0.15) is 0 Å². The first kappa shape index (κ1) is 25.4. The van der Waals surface area contributed by atoms with Gasteiger partial charge in [-0.25, -0.2) is 9.59 Å². The fourth-order valence-corrected chi connectivity index (χ4v) is 3.79. The molecule has 0 aliphatic carbocycles. The van der Waals surface area contributed by atoms with Gasteiger partial charge in [0.05, 0.1) is 32.8 Å². The van der Waals surface area contributed by atoms with Gasteiger partial charge < -0.3 is 14.2 Å². The number of benzene rings is 3. The summed E-state index contributed by atoms with van der Waals surface area (Å²) in [5.74, 6) is -2.26. The van der Waals surface area contributed by atoms with Crippen LogP contribution in [0.2, 0.25) is 20.1 Å². The molecule has 174 valence electrons. The van der Waals surface area contributed by atoms with Crippen molar-refractivity contribution in [2.45, 2.75) is 0 Å². The highest BCUT2D eigenvalue weighted by Gasteiger charge is 2.23. The summed E-state index contributed by atoms with van der Waals surface area (Å²) in [6.07, 6.45) is 0. The van der Waals surface area contributed by atoms with Crippen molar-refractivity contribution < 1.29 is 23.8 Å². The lowest BCUT2D eigenvalue weighted by atomic mass is 10.1. The van der Waals surface area contributed by atoms with E-state index in [1.54, 1.807) is 0 Å². The molecular formula is C21H10Cl4N2O7. The van der Waals surface area contributed by atoms with Crippen LogP contribution in [0.3, 0.4) is 0 Å². The highest BCUT2D eigenvalue weighted by Crippen LogP contribution is 2.39. The number of esters is 2. The van der Waals surface area contributed by atoms with Crippen molar-refractivity contribution in [3.05, 3.63) is 83.5 Å². The second-order valence-corrected chi connectivity index (χ2v) is 7.98. The largest absolute Gasteiger partial charge is 0.496 e. The number of hydrogen-bond acceptors (Lipinski definition) is 9. The zero-order valence-corrected chi connectivity index (χ0v) is 19.8. The van der Waals surface area contributed by atoms with Crippen LogP contribution in [0, 0.1) is 9.81 Å². The summed E-state index contributed by atoms with van der Waals surface area (Å²) in [5.41, 5.74) is -0.375. The average Bonchev–Trinajstić information content (AvgIpc) is 2.82. The van der Waals surface area contributed by atoms with Crippen molar-refractivity contribution in [2.75, 3.05) is 7.11 Å². The molecule has 0 aliphatic heterocycles. The topological polar surface area (TPSA) is 121 Å². The third-order valence-corrected chi connectivity index (χ3v) is 5.34. The van der Waals surface area contributed by atoms with Crippen molar-refractivity contribution in [1.29, 1.82) is 0 Å². The first-order valence-electron chi connectivity index (χ1n) is 8.95. The van der Waals surface area contributed by atoms with Gasteiger partial charge in [0.2, 0.25) is 0 Å². The number of carbonyl (C=O) groups excluding carboxylic acids is 2. The van der Waals surface area contributed by atoms with Gasteiger partial charge in [0.25, 0.3) is 0 Å². The van der Waals surface area contributed by atoms with E-state index >= 15 is 0 Å². The smallest absolute Gasteiger partial charge is 0.347 e. The Labute approximate surface area is 211 Å². The van der Waals surface area contributed by atoms with Gasteiger partial charge in [-0.1, -0.05) is 46.4 Å². The minimum atomic E-state index is -0.973. The zero-order valence-electron chi connectivity index (χ0n) is 16.8. The van der Waals surface area contributed by atoms with E-state index in [0.29, 0.717) is 0 Å². The molecule has 0 atom stereocenters. The number of carbonyl (C=O) groups is 2. The molecule has 0 spiro atoms. The predicted octanol–water partition coefficient (Wildman–Crippen LogP) is 7.54. The van der Waals surface area contributed by atoms with E-state index in [9.17, 15) is 19.4 Å². The van der Waals surface area contributed by atoms with Gasteiger partial charge in [-0.15, -0.1) is 9.81 Å². The van der Waals surface area contributed by atoms with E-state index in [0.717, 1.165) is 18.2 Å². The van der Waals surface area contributed by atoms with Crippen LogP contribution < -0.4 is 14.2 Å². The first-order chi connectivity index (χ1) is 16.2. The van der Waals surface area contributed by atoms with Crippen LogP contribution in [0.15, 0.2) is 52.8 Å². The minimum absolute atomic E-state index is 0.0569. The summed E-state index contributed by atoms with van der Waals surface area (Å²) in [5, 5.41) is 4.91. The van der Waals surface area contributed by atoms with E-state index in [-0.39, 0.29) is 59.8 Å². The molecule has 13 heteroatoms. The number of nitroso groups, excluding NO2 is 2. The van der Waals surface area contributed by atoms with Gasteiger partial charge in [0.1, 0.15) is 22.7 Å². The molecule has 0 bridgehead atoms. The molecule has 0 radical (unpaired) electrons. The van der Waals surface area contributed by atoms with Gasteiger partial charge in [0, 0.05) is 0 Å². The fourth-order valence-electron chi connectivity index (χ4n) is 2.69. The summed E-state index contributed by atoms with van der Waals surface area (Å²) in [4.78, 5) is 46.9. The number of methoxy groups -OCH3 is 1. The van der Waals surface area contributed by atoms with Crippen LogP contribution in [0.4, 0.5) is 11.4 Å². The molecule has 0 amide bonds. The summed E-state index contributed by atoms with van der Waals surface area (Å²) in [6.45, 7) is 0. The molecule has 0 unspecified atom stereocenters. The Bertz CT molecular complexity index is 1280. The molecule has 9 nitrogen and oxygen atoms in total. The van der Waals surface area contributed by atoms with Crippen molar-refractivity contribution in [2.24, 2.45) is 10.4 Å². The number of ether oxygens (including phenoxy) is 3. The van der Waals surface area contributed by atoms with E-state index in [4.69, 9.17) is 60.6 Å². The predicted molar refractivity (Wildman–Crippen MR) is 127 cm³/mol. The molecule has 34 heavy (non-hydrogen) atoms. The second-order valence-electron chi connectivity index (χ2n) is 6.35. The monoisotopic (exact) mass is 542 g/mol. The van der Waals surface area contributed by atoms with E-state index < -0.39 is 11.9 Å². The van der Waals surface area contributed by atoms with Crippen molar-refractivity contribution in [3.63, 3.8) is 0 Å². The number of rotatable bonds is 7. The van der Waals surface area contributed by atoms with Crippen LogP contribution in [0.1, 0.15) is 20.7 Å². The van der Waals surface area contributed by atoms with E-state index in [1.807, 2.05) is 0 Å². The Hall–Kier alpha value is -3.24. The normalized spacial score (nSPS) is 10.4. The lowest BCUT2D eigenvalue weighted by Gasteiger charge is -2.13. The third-order valence-electron chi connectivity index (χ3n) is 4.22. The Kier molecular flexibility index (Phi) is 8.06. The molecular weight excluding hydrogens is 534 g/mol. The highest BCUT2D eigenvalue weighted by atomic mass is 35.5. The number of hydrogen-bond donors (Lipinski definition) is 0. The molecule has 0 heterocycles. The van der Waals surface area contributed by atoms with Crippen molar-refractivity contribution in [3.8, 4) is 17.2 Å². The summed E-state index contributed by atoms with van der Waals surface area (Å²) in [6, 6.07) is 8.46. The van der Waals surface area contributed by atoms with Gasteiger partial charge in [-0.3, -0.25) is 0 Å². The van der Waals surface area contributed by atoms with Crippen LogP contribution in [-0.4, -0.2) is 19.0 Å². The van der Waals surface area contributed by atoms with Gasteiger partial charge >= 0.3 is 11.9 Å². The van der Waals surface area contributed by atoms with Gasteiger partial charge in [0.15, 0.2) is 11.5 Å². The van der Waals surface area contributed by atoms with Crippen LogP contribution in [-0.2, 0) is 0 Å². The van der Waals surface area contributed by atoms with Gasteiger partial charge in [-0.05, 0) is 52.8 Å². The van der Waals surface area contributed by atoms with E-state index in [2.05, 4.69) is 10.4 Å². The first-order valence-corrected chi connectivity index (χ1v) is 10.5. The quantitative estimate of drug-likeness (QED) is 0.171.